The summed E-state index contributed by atoms with van der Waals surface area (Å²) in [6.07, 6.45) is -3.62. The molecule has 1 saturated heterocycles. The van der Waals surface area contributed by atoms with Gasteiger partial charge in [-0.3, -0.25) is 42.5 Å². The number of phenolic OH excluding ortho intramolecular Hbond substituents is 2. The molecular formula is C44H54N9O19P3S. The summed E-state index contributed by atoms with van der Waals surface area (Å²) in [5.74, 6) is -1.23. The van der Waals surface area contributed by atoms with E-state index >= 15 is 0 Å². The number of phenols is 2. The lowest BCUT2D eigenvalue weighted by atomic mass is 9.87. The van der Waals surface area contributed by atoms with Gasteiger partial charge in [-0.25, -0.2) is 28.6 Å². The lowest BCUT2D eigenvalue weighted by Gasteiger charge is -2.30. The van der Waals surface area contributed by atoms with Gasteiger partial charge in [0.15, 0.2) is 22.8 Å². The first kappa shape index (κ1) is 59.4. The van der Waals surface area contributed by atoms with Gasteiger partial charge in [-0.05, 0) is 48.4 Å². The van der Waals surface area contributed by atoms with Crippen LogP contribution in [0.25, 0.3) is 11.2 Å². The highest BCUT2D eigenvalue weighted by Crippen LogP contribution is 2.61. The van der Waals surface area contributed by atoms with Crippen LogP contribution in [0.2, 0.25) is 0 Å². The van der Waals surface area contributed by atoms with Crippen molar-refractivity contribution in [2.75, 3.05) is 37.8 Å². The van der Waals surface area contributed by atoms with Crippen LogP contribution in [0.5, 0.6) is 11.5 Å². The number of phosphoric acid groups is 3. The molecule has 76 heavy (non-hydrogen) atoms. The number of nitrogen functional groups attached to an aromatic ring is 1. The first-order valence-corrected chi connectivity index (χ1v) is 28.1. The number of aliphatic hydroxyl groups is 2. The Kier molecular flexibility index (Phi) is 20.3. The summed E-state index contributed by atoms with van der Waals surface area (Å²) in [6, 6.07) is 18.6. The maximum atomic E-state index is 12.8. The molecule has 6 rings (SSSR count). The van der Waals surface area contributed by atoms with Gasteiger partial charge in [0.25, 0.3) is 0 Å². The predicted octanol–water partition coefficient (Wildman–Crippen LogP) is 3.21. The van der Waals surface area contributed by atoms with Gasteiger partial charge in [-0.2, -0.15) is 4.31 Å². The lowest BCUT2D eigenvalue weighted by molar-refractivity contribution is -0.137. The summed E-state index contributed by atoms with van der Waals surface area (Å²) in [4.78, 5) is 98.4. The van der Waals surface area contributed by atoms with E-state index in [2.05, 4.69) is 44.4 Å². The van der Waals surface area contributed by atoms with Crippen molar-refractivity contribution in [3.8, 4) is 11.5 Å². The lowest BCUT2D eigenvalue weighted by Crippen LogP contribution is -2.46. The highest BCUT2D eigenvalue weighted by molar-refractivity contribution is 8.13. The van der Waals surface area contributed by atoms with E-state index in [1.165, 1.54) is 38.4 Å². The molecule has 7 atom stereocenters. The molecule has 0 bridgehead atoms. The number of nitrogens with two attached hydrogens (primary N) is 1. The molecule has 0 spiro atoms. The van der Waals surface area contributed by atoms with E-state index < -0.39 is 84.6 Å². The molecule has 0 saturated carbocycles. The molecule has 2 aromatic heterocycles. The average Bonchev–Trinajstić information content (AvgIpc) is 3.92. The number of nitrogens with one attached hydrogen (secondary N) is 2. The third-order valence-electron chi connectivity index (χ3n) is 11.0. The van der Waals surface area contributed by atoms with Crippen molar-refractivity contribution in [2.45, 2.75) is 63.8 Å². The van der Waals surface area contributed by atoms with Crippen LogP contribution in [0.15, 0.2) is 89.4 Å². The zero-order valence-corrected chi connectivity index (χ0v) is 43.8. The Morgan fingerprint density at radius 2 is 1.53 bits per heavy atom. The molecular weight excluding hydrogens is 1080 g/mol. The second kappa shape index (κ2) is 26.0. The van der Waals surface area contributed by atoms with E-state index in [1.807, 2.05) is 0 Å². The number of hydrogen-bond donors (Lipinski definition) is 11. The van der Waals surface area contributed by atoms with Gasteiger partial charge in [-0.1, -0.05) is 55.9 Å². The van der Waals surface area contributed by atoms with Gasteiger partial charge in [0.1, 0.15) is 47.8 Å². The highest BCUT2D eigenvalue weighted by Gasteiger charge is 2.50. The van der Waals surface area contributed by atoms with E-state index in [4.69, 9.17) is 19.5 Å². The number of aromatic hydroxyl groups is 2. The zero-order valence-electron chi connectivity index (χ0n) is 40.3. The highest BCUT2D eigenvalue weighted by atomic mass is 32.2. The molecule has 0 radical (unpaired) electrons. The summed E-state index contributed by atoms with van der Waals surface area (Å²) in [7, 11) is -16.5. The number of hydrogen-bond acceptors (Lipinski definition) is 22. The van der Waals surface area contributed by atoms with E-state index in [1.54, 1.807) is 54.6 Å². The third-order valence-corrected chi connectivity index (χ3v) is 15.0. The molecule has 1 aliphatic heterocycles. The van der Waals surface area contributed by atoms with Crippen molar-refractivity contribution < 1.29 is 90.7 Å². The summed E-state index contributed by atoms with van der Waals surface area (Å²) in [6.45, 7) is 0.260. The number of phosphoric ester groups is 3. The van der Waals surface area contributed by atoms with Crippen molar-refractivity contribution in [1.82, 2.24) is 30.2 Å². The second-order valence-electron chi connectivity index (χ2n) is 17.2. The number of nitrogens with zero attached hydrogens (tertiary/aromatic N) is 6. The number of aliphatic hydroxyl groups excluding tert-OH is 2. The average molecular weight is 1140 g/mol. The summed E-state index contributed by atoms with van der Waals surface area (Å²) < 4.78 is 62.6. The Hall–Kier alpha value is -5.84. The molecule has 3 heterocycles. The van der Waals surface area contributed by atoms with E-state index in [0.29, 0.717) is 28.9 Å². The maximum Gasteiger partial charge on any atom is 0.481 e. The first-order valence-electron chi connectivity index (χ1n) is 22.6. The van der Waals surface area contributed by atoms with Crippen molar-refractivity contribution in [1.29, 1.82) is 0 Å². The van der Waals surface area contributed by atoms with Crippen molar-refractivity contribution in [2.24, 2.45) is 15.4 Å². The van der Waals surface area contributed by atoms with Crippen molar-refractivity contribution >= 4 is 92.9 Å². The van der Waals surface area contributed by atoms with E-state index in [-0.39, 0.29) is 65.3 Å². The van der Waals surface area contributed by atoms with Crippen LogP contribution in [0.1, 0.15) is 49.6 Å². The number of aryl methyl sites for hydroxylation is 1. The van der Waals surface area contributed by atoms with Crippen LogP contribution >= 0.6 is 35.2 Å². The largest absolute Gasteiger partial charge is 0.507 e. The SMILES string of the molecule is CC(C)(COP(=O)(O)OP(=O)(O)OCC1OC(n2cnc3c(N)ncnc32)C(O)C1OP(=O)(O)O)C(O)C(=O)NCCC(=O)NCCSC(=O)CCc1ccc(N=Cc2ccccc2O)c(N=Cc2ccccc2O)c1. The number of fused-ring (bicyclic) bond motifs is 1. The van der Waals surface area contributed by atoms with Crippen molar-refractivity contribution in [3.63, 3.8) is 0 Å². The number of anilines is 1. The minimum Gasteiger partial charge on any atom is -0.507 e. The Morgan fingerprint density at radius 3 is 2.18 bits per heavy atom. The molecule has 28 nitrogen and oxygen atoms in total. The van der Waals surface area contributed by atoms with Gasteiger partial charge >= 0.3 is 23.5 Å². The number of thioether (sulfide) groups is 1. The standard InChI is InChI=1S/C44H54N9O19P3S/c1-44(2,23-69-75(66,67)72-74(64,65)68-22-33-38(71-73(61,62)63)37(58)43(70-33)53-25-52-36-40(45)50-24-51-41(36)53)39(59)42(60)47-16-15-34(56)46-17-18-76-35(57)14-12-26-11-13-29(48-20-27-7-3-5-9-31(27)54)30(19-26)49-21-28-8-4-6-10-32(28)55/h3-11,13,19-21,24-25,33,37-39,43,54-55,58-59H,12,14-18,22-23H2,1-2H3,(H,46,56)(H,47,60)(H,64,65)(H,66,67)(H2,45,50,51)(H2,61,62,63). The van der Waals surface area contributed by atoms with Crippen LogP contribution in [0.4, 0.5) is 17.2 Å². The molecule has 1 fully saturated rings. The quantitative estimate of drug-likeness (QED) is 0.0215. The van der Waals surface area contributed by atoms with Crippen molar-refractivity contribution in [3.05, 3.63) is 96.1 Å². The predicted molar refractivity (Wildman–Crippen MR) is 273 cm³/mol. The van der Waals surface area contributed by atoms with E-state index in [9.17, 15) is 68.1 Å². The number of para-hydroxylation sites is 2. The topological polar surface area (TPSA) is 429 Å². The minimum atomic E-state index is -5.61. The van der Waals surface area contributed by atoms with E-state index in [0.717, 1.165) is 34.5 Å². The molecule has 7 unspecified atom stereocenters. The monoisotopic (exact) mass is 1140 g/mol. The second-order valence-corrected chi connectivity index (χ2v) is 22.6. The van der Waals surface area contributed by atoms with Crippen LogP contribution in [0.3, 0.4) is 0 Å². The minimum absolute atomic E-state index is 0.0177. The third kappa shape index (κ3) is 17.1. The Labute approximate surface area is 436 Å². The number of carbonyl (C=O) groups excluding carboxylic acids is 3. The molecule has 0 aliphatic carbocycles. The number of aromatic nitrogens is 4. The Morgan fingerprint density at radius 1 is 0.882 bits per heavy atom. The Bertz CT molecular complexity index is 3090. The van der Waals surface area contributed by atoms with Crippen LogP contribution < -0.4 is 16.4 Å². The Balaban J connectivity index is 0.899. The maximum absolute atomic E-state index is 12.8. The number of rotatable bonds is 26. The fourth-order valence-corrected chi connectivity index (χ4v) is 10.5. The molecule has 12 N–H and O–H groups in total. The molecule has 410 valence electrons. The fraction of sp³-hybridized carbons (Fsp3) is 0.364. The van der Waals surface area contributed by atoms with Gasteiger partial charge in [0.05, 0.1) is 30.9 Å². The molecule has 32 heteroatoms. The number of ether oxygens (including phenoxy) is 1. The molecule has 3 aromatic carbocycles. The number of aliphatic imine (C=N–C) groups is 2. The van der Waals surface area contributed by atoms with Gasteiger partial charge < -0.3 is 61.1 Å². The first-order chi connectivity index (χ1) is 35.8. The van der Waals surface area contributed by atoms with Crippen LogP contribution in [0, 0.1) is 5.41 Å². The number of benzene rings is 3. The number of imidazole rings is 1. The van der Waals surface area contributed by atoms with Crippen LogP contribution in [-0.2, 0) is 57.1 Å². The van der Waals surface area contributed by atoms with Gasteiger partial charge in [0, 0.05) is 60.7 Å². The van der Waals surface area contributed by atoms with Gasteiger partial charge in [0.2, 0.25) is 11.8 Å². The molecule has 1 aliphatic rings. The normalized spacial score (nSPS) is 19.2. The summed E-state index contributed by atoms with van der Waals surface area (Å²) in [5.41, 5.74) is 6.91. The summed E-state index contributed by atoms with van der Waals surface area (Å²) >= 11 is 1.01. The number of amides is 2. The zero-order chi connectivity index (χ0) is 55.4. The molecule has 2 amide bonds. The van der Waals surface area contributed by atoms with Gasteiger partial charge in [-0.15, -0.1) is 0 Å². The van der Waals surface area contributed by atoms with Crippen LogP contribution in [-0.4, -0.2) is 145 Å². The fourth-order valence-electron chi connectivity index (χ4n) is 7.02. The smallest absolute Gasteiger partial charge is 0.481 e. The number of carbonyl (C=O) groups is 3. The summed E-state index contributed by atoms with van der Waals surface area (Å²) in [5, 5.41) is 46.9. The molecule has 5 aromatic rings.